The molecule has 1 nitrogen and oxygen atoms in total. The molecule has 0 spiro atoms. The van der Waals surface area contributed by atoms with Crippen LogP contribution in [0.1, 0.15) is 25.0 Å². The molecule has 7 aromatic rings. The predicted molar refractivity (Wildman–Crippen MR) is 171 cm³/mol. The molecule has 0 amide bonds. The lowest BCUT2D eigenvalue weighted by atomic mass is 9.82. The first-order valence-electron chi connectivity index (χ1n) is 14.0. The van der Waals surface area contributed by atoms with E-state index in [1.54, 1.807) is 0 Å². The standard InChI is InChI=1S/C39H29N/c1-39(2)36-15-9-8-14-34(36)35-23-21-31(25-37(35)39)40(29-11-4-3-5-12-29)30-20-22-33-28(24-30)19-18-27-17-16-26-10-6-7-13-32(26)38(27)33/h3-25H,1-2H3. The van der Waals surface area contributed by atoms with E-state index in [2.05, 4.69) is 158 Å². The van der Waals surface area contributed by atoms with Gasteiger partial charge in [-0.25, -0.2) is 0 Å². The molecule has 0 saturated heterocycles. The normalized spacial score (nSPS) is 13.4. The zero-order chi connectivity index (χ0) is 26.8. The Labute approximate surface area is 234 Å². The third-order valence-corrected chi connectivity index (χ3v) is 8.81. The molecule has 0 aromatic heterocycles. The summed E-state index contributed by atoms with van der Waals surface area (Å²) < 4.78 is 0. The summed E-state index contributed by atoms with van der Waals surface area (Å²) in [5.41, 5.74) is 8.92. The van der Waals surface area contributed by atoms with Crippen LogP contribution in [0.3, 0.4) is 0 Å². The number of para-hydroxylation sites is 1. The van der Waals surface area contributed by atoms with Crippen LogP contribution < -0.4 is 4.90 Å². The van der Waals surface area contributed by atoms with Crippen LogP contribution in [0.5, 0.6) is 0 Å². The van der Waals surface area contributed by atoms with E-state index >= 15 is 0 Å². The maximum atomic E-state index is 2.40. The van der Waals surface area contributed by atoms with E-state index in [0.29, 0.717) is 0 Å². The van der Waals surface area contributed by atoms with Crippen molar-refractivity contribution in [3.63, 3.8) is 0 Å². The van der Waals surface area contributed by atoms with Gasteiger partial charge < -0.3 is 4.90 Å². The van der Waals surface area contributed by atoms with Crippen LogP contribution in [0.25, 0.3) is 43.4 Å². The Hall–Kier alpha value is -4.88. The Morgan fingerprint density at radius 2 is 1.05 bits per heavy atom. The summed E-state index contributed by atoms with van der Waals surface area (Å²) in [7, 11) is 0. The first-order chi connectivity index (χ1) is 19.6. The molecule has 1 aliphatic carbocycles. The van der Waals surface area contributed by atoms with Crippen molar-refractivity contribution in [1.82, 2.24) is 0 Å². The number of anilines is 3. The smallest absolute Gasteiger partial charge is 0.0468 e. The van der Waals surface area contributed by atoms with Crippen LogP contribution in [0.15, 0.2) is 140 Å². The molecule has 0 radical (unpaired) electrons. The first-order valence-corrected chi connectivity index (χ1v) is 14.0. The fourth-order valence-corrected chi connectivity index (χ4v) is 6.82. The molecular weight excluding hydrogens is 482 g/mol. The Morgan fingerprint density at radius 1 is 0.425 bits per heavy atom. The second kappa shape index (κ2) is 8.56. The van der Waals surface area contributed by atoms with Gasteiger partial charge in [-0.2, -0.15) is 0 Å². The SMILES string of the molecule is CC1(C)c2ccccc2-c2ccc(N(c3ccccc3)c3ccc4c(ccc5ccc6ccccc6c54)c3)cc21. The highest BCUT2D eigenvalue weighted by Gasteiger charge is 2.35. The maximum absolute atomic E-state index is 2.40. The average molecular weight is 512 g/mol. The van der Waals surface area contributed by atoms with Gasteiger partial charge in [-0.1, -0.05) is 117 Å². The van der Waals surface area contributed by atoms with E-state index < -0.39 is 0 Å². The molecule has 190 valence electrons. The fourth-order valence-electron chi connectivity index (χ4n) is 6.82. The topological polar surface area (TPSA) is 3.24 Å². The average Bonchev–Trinajstić information content (AvgIpc) is 3.23. The third kappa shape index (κ3) is 3.34. The van der Waals surface area contributed by atoms with Crippen molar-refractivity contribution in [3.05, 3.63) is 151 Å². The van der Waals surface area contributed by atoms with Crippen LogP contribution in [0.2, 0.25) is 0 Å². The molecule has 1 heteroatoms. The molecule has 0 saturated carbocycles. The summed E-state index contributed by atoms with van der Waals surface area (Å²) in [6, 6.07) is 51.2. The van der Waals surface area contributed by atoms with Gasteiger partial charge in [-0.3, -0.25) is 0 Å². The summed E-state index contributed by atoms with van der Waals surface area (Å²) in [5, 5.41) is 7.72. The van der Waals surface area contributed by atoms with E-state index in [-0.39, 0.29) is 5.41 Å². The number of hydrogen-bond donors (Lipinski definition) is 0. The van der Waals surface area contributed by atoms with Crippen molar-refractivity contribution in [3.8, 4) is 11.1 Å². The summed E-state index contributed by atoms with van der Waals surface area (Å²) >= 11 is 0. The Morgan fingerprint density at radius 3 is 1.93 bits per heavy atom. The molecule has 0 heterocycles. The van der Waals surface area contributed by atoms with E-state index in [9.17, 15) is 0 Å². The molecule has 1 aliphatic rings. The molecule has 7 aromatic carbocycles. The highest BCUT2D eigenvalue weighted by molar-refractivity contribution is 6.20. The number of nitrogens with zero attached hydrogens (tertiary/aromatic N) is 1. The van der Waals surface area contributed by atoms with Crippen molar-refractivity contribution in [2.24, 2.45) is 0 Å². The molecule has 0 bridgehead atoms. The van der Waals surface area contributed by atoms with Crippen molar-refractivity contribution >= 4 is 49.4 Å². The largest absolute Gasteiger partial charge is 0.310 e. The first kappa shape index (κ1) is 23.0. The molecule has 0 atom stereocenters. The maximum Gasteiger partial charge on any atom is 0.0468 e. The fraction of sp³-hybridized carbons (Fsp3) is 0.0769. The predicted octanol–water partition coefficient (Wildman–Crippen LogP) is 10.9. The number of rotatable bonds is 3. The lowest BCUT2D eigenvalue weighted by Crippen LogP contribution is -2.16. The Bertz CT molecular complexity index is 2080. The van der Waals surface area contributed by atoms with Gasteiger partial charge in [0.05, 0.1) is 0 Å². The van der Waals surface area contributed by atoms with E-state index in [1.807, 2.05) is 0 Å². The highest BCUT2D eigenvalue weighted by Crippen LogP contribution is 2.50. The minimum atomic E-state index is -0.0480. The van der Waals surface area contributed by atoms with Crippen molar-refractivity contribution in [2.75, 3.05) is 4.90 Å². The van der Waals surface area contributed by atoms with Gasteiger partial charge in [0.2, 0.25) is 0 Å². The van der Waals surface area contributed by atoms with Gasteiger partial charge >= 0.3 is 0 Å². The number of hydrogen-bond acceptors (Lipinski definition) is 1. The van der Waals surface area contributed by atoms with Crippen molar-refractivity contribution in [2.45, 2.75) is 19.3 Å². The Kier molecular flexibility index (Phi) is 4.93. The van der Waals surface area contributed by atoms with Crippen molar-refractivity contribution < 1.29 is 0 Å². The zero-order valence-corrected chi connectivity index (χ0v) is 22.7. The molecule has 0 fully saturated rings. The van der Waals surface area contributed by atoms with Gasteiger partial charge in [0.25, 0.3) is 0 Å². The second-order valence-corrected chi connectivity index (χ2v) is 11.4. The van der Waals surface area contributed by atoms with Gasteiger partial charge in [-0.05, 0) is 91.0 Å². The van der Waals surface area contributed by atoms with Crippen LogP contribution in [-0.4, -0.2) is 0 Å². The number of fused-ring (bicyclic) bond motifs is 8. The molecule has 0 unspecified atom stereocenters. The van der Waals surface area contributed by atoms with Gasteiger partial charge in [0.15, 0.2) is 0 Å². The number of benzene rings is 7. The monoisotopic (exact) mass is 511 g/mol. The summed E-state index contributed by atoms with van der Waals surface area (Å²) in [4.78, 5) is 2.39. The van der Waals surface area contributed by atoms with Gasteiger partial charge in [-0.15, -0.1) is 0 Å². The van der Waals surface area contributed by atoms with Crippen molar-refractivity contribution in [1.29, 1.82) is 0 Å². The second-order valence-electron chi connectivity index (χ2n) is 11.4. The highest BCUT2D eigenvalue weighted by atomic mass is 15.1. The zero-order valence-electron chi connectivity index (χ0n) is 22.7. The lowest BCUT2D eigenvalue weighted by molar-refractivity contribution is 0.660. The van der Waals surface area contributed by atoms with E-state index in [4.69, 9.17) is 0 Å². The van der Waals surface area contributed by atoms with E-state index in [0.717, 1.165) is 11.4 Å². The van der Waals surface area contributed by atoms with Crippen LogP contribution in [-0.2, 0) is 5.41 Å². The van der Waals surface area contributed by atoms with Crippen LogP contribution in [0, 0.1) is 0 Å². The Balaban J connectivity index is 1.34. The molecule has 0 N–H and O–H groups in total. The summed E-state index contributed by atoms with van der Waals surface area (Å²) in [5.74, 6) is 0. The minimum Gasteiger partial charge on any atom is -0.310 e. The quantitative estimate of drug-likeness (QED) is 0.213. The van der Waals surface area contributed by atoms with Gasteiger partial charge in [0, 0.05) is 22.5 Å². The third-order valence-electron chi connectivity index (χ3n) is 8.81. The van der Waals surface area contributed by atoms with Crippen LogP contribution >= 0.6 is 0 Å². The minimum absolute atomic E-state index is 0.0480. The molecule has 0 aliphatic heterocycles. The van der Waals surface area contributed by atoms with Crippen LogP contribution in [0.4, 0.5) is 17.1 Å². The lowest BCUT2D eigenvalue weighted by Gasteiger charge is -2.28. The van der Waals surface area contributed by atoms with Gasteiger partial charge in [0.1, 0.15) is 0 Å². The molecule has 40 heavy (non-hydrogen) atoms. The molecule has 8 rings (SSSR count). The summed E-state index contributed by atoms with van der Waals surface area (Å²) in [6.45, 7) is 4.69. The molecular formula is C39H29N. The van der Waals surface area contributed by atoms with E-state index in [1.165, 1.54) is 60.3 Å². The summed E-state index contributed by atoms with van der Waals surface area (Å²) in [6.07, 6.45) is 0.